The van der Waals surface area contributed by atoms with Crippen LogP contribution in [-0.2, 0) is 0 Å². The van der Waals surface area contributed by atoms with E-state index in [1.54, 1.807) is 0 Å². The molecule has 1 heterocycles. The van der Waals surface area contributed by atoms with E-state index < -0.39 is 69.4 Å². The van der Waals surface area contributed by atoms with Crippen molar-refractivity contribution >= 4 is 28.8 Å². The molecule has 0 amide bonds. The molecule has 15 nitrogen and oxygen atoms in total. The van der Waals surface area contributed by atoms with Crippen LogP contribution in [-0.4, -0.2) is 111 Å². The van der Waals surface area contributed by atoms with E-state index in [1.165, 1.54) is 43.9 Å². The van der Waals surface area contributed by atoms with Gasteiger partial charge in [-0.25, -0.2) is 13.6 Å². The van der Waals surface area contributed by atoms with Crippen molar-refractivity contribution in [3.05, 3.63) is 77.0 Å². The van der Waals surface area contributed by atoms with Gasteiger partial charge in [-0.2, -0.15) is 0 Å². The van der Waals surface area contributed by atoms with Crippen molar-refractivity contribution < 1.29 is 69.4 Å². The van der Waals surface area contributed by atoms with Crippen LogP contribution in [0, 0.1) is 17.0 Å². The van der Waals surface area contributed by atoms with Gasteiger partial charge in [0.15, 0.2) is 17.4 Å². The number of hydrogen-bond donors (Lipinski definition) is 12. The van der Waals surface area contributed by atoms with Crippen LogP contribution >= 0.6 is 0 Å². The van der Waals surface area contributed by atoms with Crippen LogP contribution in [0.4, 0.5) is 14.5 Å². The molecule has 0 spiro atoms. The number of unbranched alkanes of at least 4 members (excludes halogenated alkanes) is 3. The lowest BCUT2D eigenvalue weighted by molar-refractivity contribution is -0.516. The van der Waals surface area contributed by atoms with Crippen molar-refractivity contribution in [3.8, 4) is 22.6 Å². The van der Waals surface area contributed by atoms with E-state index in [0.717, 1.165) is 49.1 Å². The van der Waals surface area contributed by atoms with E-state index in [4.69, 9.17) is 21.0 Å². The molecule has 1 aliphatic rings. The Kier molecular flexibility index (Phi) is 15.8. The third-order valence-electron chi connectivity index (χ3n) is 9.56. The van der Waals surface area contributed by atoms with Gasteiger partial charge in [-0.15, -0.1) is 0 Å². The molecule has 0 saturated heterocycles. The summed E-state index contributed by atoms with van der Waals surface area (Å²) in [6.45, 7) is 9.08. The molecular weight excluding hydrogens is 740 g/mol. The normalized spacial score (nSPS) is 20.3. The molecule has 56 heavy (non-hydrogen) atoms. The third-order valence-corrected chi connectivity index (χ3v) is 9.56. The van der Waals surface area contributed by atoms with Gasteiger partial charge >= 0.3 is 5.97 Å². The maximum atomic E-state index is 16.4. The number of aliphatic hydroxyl groups excluding tert-OH is 2. The molecule has 1 aromatic heterocycles. The smallest absolute Gasteiger partial charge is 0.335 e. The number of carboxylic acid groups (broad SMARTS) is 1. The standard InChI is InChI=1S/C30H29F2N3O11.C6H14.C2H6.CH4O/c1-27(39)21(25(36)28(40,41)30(44,45)29(27,42)43)24-19(12-3-5-13(6-4-12)26(37)38)20-17(9-14(11-33)23(34)22(20)32)35(24)15-7-8-16(31)18(10-15)46-2;1-3-5-6-4-2;2*1-2/h3-11,21,25,33,36,39-45H,34H2,1-2H3,(H,37,38);3-6H2,1-2H3;1-2H3;2H,1H3. The molecule has 1 aliphatic carbocycles. The van der Waals surface area contributed by atoms with E-state index >= 15 is 4.39 Å². The summed E-state index contributed by atoms with van der Waals surface area (Å²) in [6, 6.07) is 8.98. The average molecular weight is 794 g/mol. The Morgan fingerprint density at radius 1 is 0.929 bits per heavy atom. The van der Waals surface area contributed by atoms with Gasteiger partial charge in [-0.05, 0) is 42.8 Å². The van der Waals surface area contributed by atoms with Crippen molar-refractivity contribution in [2.45, 2.75) is 95.3 Å². The summed E-state index contributed by atoms with van der Waals surface area (Å²) in [5.74, 6) is -19.0. The quantitative estimate of drug-likeness (QED) is 0.0502. The molecule has 3 atom stereocenters. The van der Waals surface area contributed by atoms with E-state index in [2.05, 4.69) is 13.8 Å². The topological polar surface area (TPSA) is 283 Å². The fraction of sp³-hybridized carbons (Fsp3) is 0.436. The summed E-state index contributed by atoms with van der Waals surface area (Å²) >= 11 is 0. The van der Waals surface area contributed by atoms with Gasteiger partial charge in [-0.3, -0.25) is 0 Å². The second kappa shape index (κ2) is 18.6. The molecule has 0 bridgehead atoms. The summed E-state index contributed by atoms with van der Waals surface area (Å²) in [6.07, 6.45) is 3.34. The Morgan fingerprint density at radius 3 is 1.93 bits per heavy atom. The zero-order valence-electron chi connectivity index (χ0n) is 32.2. The van der Waals surface area contributed by atoms with Crippen molar-refractivity contribution in [1.29, 1.82) is 5.41 Å². The lowest BCUT2D eigenvalue weighted by Crippen LogP contribution is -2.84. The van der Waals surface area contributed by atoms with E-state index in [0.29, 0.717) is 13.1 Å². The largest absolute Gasteiger partial charge is 0.494 e. The summed E-state index contributed by atoms with van der Waals surface area (Å²) in [5, 5.41) is 111. The number of ether oxygens (including phenoxy) is 1. The first-order valence-corrected chi connectivity index (χ1v) is 17.7. The first kappa shape index (κ1) is 47.6. The first-order chi connectivity index (χ1) is 26.2. The van der Waals surface area contributed by atoms with Gasteiger partial charge in [0.2, 0.25) is 0 Å². The molecule has 0 radical (unpaired) electrons. The first-order valence-electron chi connectivity index (χ1n) is 17.7. The summed E-state index contributed by atoms with van der Waals surface area (Å²) in [5.41, 5.74) is 0.456. The SMILES string of the molecule is CC.CCCCCC.CO.COc1cc(-n2c(C3C(O)C(O)(O)C(O)(O)C(O)(O)C3(C)O)c(-c3ccc(C(=O)O)cc3)c3c(F)c(N)c(C=N)cc32)ccc1F. The van der Waals surface area contributed by atoms with Gasteiger partial charge in [-0.1, -0.05) is 65.5 Å². The number of aliphatic hydroxyl groups is 9. The Hall–Kier alpha value is -4.56. The molecular formula is C39H53F2N3O12. The number of carbonyl (C=O) groups is 1. The summed E-state index contributed by atoms with van der Waals surface area (Å²) in [4.78, 5) is 11.6. The summed E-state index contributed by atoms with van der Waals surface area (Å²) < 4.78 is 37.1. The lowest BCUT2D eigenvalue weighted by atomic mass is 9.62. The molecule has 17 heteroatoms. The second-order valence-corrected chi connectivity index (χ2v) is 12.9. The number of nitrogens with zero attached hydrogens (tertiary/aromatic N) is 1. The molecule has 3 aromatic carbocycles. The summed E-state index contributed by atoms with van der Waals surface area (Å²) in [7, 11) is 2.13. The highest BCUT2D eigenvalue weighted by atomic mass is 19.1. The predicted octanol–water partition coefficient (Wildman–Crippen LogP) is 3.34. The van der Waals surface area contributed by atoms with Crippen molar-refractivity contribution in [3.63, 3.8) is 0 Å². The molecule has 1 fully saturated rings. The highest BCUT2D eigenvalue weighted by Crippen LogP contribution is 2.56. The van der Waals surface area contributed by atoms with Crippen LogP contribution in [0.25, 0.3) is 27.7 Å². The van der Waals surface area contributed by atoms with Crippen LogP contribution in [0.15, 0.2) is 48.5 Å². The van der Waals surface area contributed by atoms with Crippen LogP contribution in [0.1, 0.15) is 87.8 Å². The Bertz CT molecular complexity index is 1970. The molecule has 13 N–H and O–H groups in total. The number of carboxylic acids is 1. The van der Waals surface area contributed by atoms with E-state index in [1.807, 2.05) is 13.8 Å². The van der Waals surface area contributed by atoms with Gasteiger partial charge in [0.25, 0.3) is 17.4 Å². The number of hydrogen-bond acceptors (Lipinski definition) is 13. The Labute approximate surface area is 322 Å². The minimum absolute atomic E-state index is 0.0467. The maximum Gasteiger partial charge on any atom is 0.335 e. The molecule has 1 saturated carbocycles. The second-order valence-electron chi connectivity index (χ2n) is 12.9. The highest BCUT2D eigenvalue weighted by molar-refractivity contribution is 6.05. The van der Waals surface area contributed by atoms with Gasteiger partial charge in [0.05, 0.1) is 29.8 Å². The third kappa shape index (κ3) is 8.00. The lowest BCUT2D eigenvalue weighted by Gasteiger charge is -2.58. The fourth-order valence-corrected chi connectivity index (χ4v) is 6.49. The van der Waals surface area contributed by atoms with Crippen LogP contribution < -0.4 is 10.5 Å². The zero-order valence-corrected chi connectivity index (χ0v) is 32.2. The zero-order chi connectivity index (χ0) is 43.1. The maximum absolute atomic E-state index is 16.4. The van der Waals surface area contributed by atoms with Crippen molar-refractivity contribution in [2.24, 2.45) is 0 Å². The molecule has 310 valence electrons. The number of nitrogen functional groups attached to an aromatic ring is 1. The number of nitrogens with two attached hydrogens (primary N) is 1. The minimum atomic E-state index is -4.40. The predicted molar refractivity (Wildman–Crippen MR) is 205 cm³/mol. The fourth-order valence-electron chi connectivity index (χ4n) is 6.49. The van der Waals surface area contributed by atoms with Gasteiger partial charge < -0.3 is 71.5 Å². The van der Waals surface area contributed by atoms with Gasteiger partial charge in [0.1, 0.15) is 11.7 Å². The van der Waals surface area contributed by atoms with Crippen LogP contribution in [0.5, 0.6) is 5.75 Å². The number of anilines is 1. The molecule has 3 unspecified atom stereocenters. The Balaban J connectivity index is 0.000000976. The minimum Gasteiger partial charge on any atom is -0.494 e. The number of methoxy groups -OCH3 is 1. The van der Waals surface area contributed by atoms with Crippen LogP contribution in [0.3, 0.4) is 0 Å². The average Bonchev–Trinajstić information content (AvgIpc) is 3.50. The highest BCUT2D eigenvalue weighted by Gasteiger charge is 2.79. The number of nitrogens with one attached hydrogen (secondary N) is 1. The number of benzene rings is 3. The number of halogens is 2. The number of aromatic nitrogens is 1. The van der Waals surface area contributed by atoms with Crippen molar-refractivity contribution in [1.82, 2.24) is 4.57 Å². The number of aromatic carboxylic acids is 1. The molecule has 5 rings (SSSR count). The Morgan fingerprint density at radius 2 is 1.46 bits per heavy atom. The van der Waals surface area contributed by atoms with Gasteiger partial charge in [0, 0.05) is 47.3 Å². The molecule has 0 aliphatic heterocycles. The molecule has 4 aromatic rings. The van der Waals surface area contributed by atoms with Crippen molar-refractivity contribution in [2.75, 3.05) is 20.0 Å². The number of fused-ring (bicyclic) bond motifs is 1. The van der Waals surface area contributed by atoms with E-state index in [-0.39, 0.29) is 39.2 Å². The van der Waals surface area contributed by atoms with Crippen LogP contribution in [0.2, 0.25) is 0 Å². The van der Waals surface area contributed by atoms with E-state index in [9.17, 15) is 55.1 Å². The number of rotatable bonds is 9. The monoisotopic (exact) mass is 793 g/mol.